The number of amides is 1. The third kappa shape index (κ3) is 1.84. The van der Waals surface area contributed by atoms with Crippen LogP contribution >= 0.6 is 0 Å². The van der Waals surface area contributed by atoms with Gasteiger partial charge in [-0.15, -0.1) is 0 Å². The van der Waals surface area contributed by atoms with Gasteiger partial charge in [0.2, 0.25) is 0 Å². The number of carboxylic acid groups (broad SMARTS) is 1. The molecule has 0 spiro atoms. The van der Waals surface area contributed by atoms with Crippen LogP contribution in [0, 0.1) is 5.41 Å². The SMILES string of the molecule is O=C(c1cc2c(o1)CCCC2)N1CC[C@@]2(C(=O)O)CCC[C@@H]12. The molecule has 2 fully saturated rings. The van der Waals surface area contributed by atoms with Gasteiger partial charge >= 0.3 is 5.97 Å². The summed E-state index contributed by atoms with van der Waals surface area (Å²) in [6.07, 6.45) is 7.08. The Morgan fingerprint density at radius 3 is 2.82 bits per heavy atom. The van der Waals surface area contributed by atoms with E-state index in [1.54, 1.807) is 4.90 Å². The fourth-order valence-electron chi connectivity index (χ4n) is 4.61. The van der Waals surface area contributed by atoms with Crippen LogP contribution in [-0.2, 0) is 17.6 Å². The normalized spacial score (nSPS) is 30.2. The number of hydrogen-bond acceptors (Lipinski definition) is 3. The van der Waals surface area contributed by atoms with E-state index in [9.17, 15) is 14.7 Å². The zero-order valence-electron chi connectivity index (χ0n) is 12.6. The zero-order chi connectivity index (χ0) is 15.3. The van der Waals surface area contributed by atoms with Crippen molar-refractivity contribution in [2.45, 2.75) is 57.4 Å². The number of likely N-dealkylation sites (tertiary alicyclic amines) is 1. The number of rotatable bonds is 2. The molecule has 22 heavy (non-hydrogen) atoms. The van der Waals surface area contributed by atoms with Crippen LogP contribution in [0.2, 0.25) is 0 Å². The van der Waals surface area contributed by atoms with Gasteiger partial charge in [-0.3, -0.25) is 9.59 Å². The van der Waals surface area contributed by atoms with Gasteiger partial charge in [0, 0.05) is 19.0 Å². The number of carbonyl (C=O) groups excluding carboxylic acids is 1. The van der Waals surface area contributed by atoms with E-state index in [1.807, 2.05) is 6.07 Å². The van der Waals surface area contributed by atoms with Crippen molar-refractivity contribution in [2.75, 3.05) is 6.54 Å². The first-order valence-electron chi connectivity index (χ1n) is 8.28. The first-order chi connectivity index (χ1) is 10.6. The van der Waals surface area contributed by atoms with Crippen molar-refractivity contribution in [3.8, 4) is 0 Å². The third-order valence-electron chi connectivity index (χ3n) is 5.81. The number of furan rings is 1. The maximum atomic E-state index is 12.8. The van der Waals surface area contributed by atoms with Crippen LogP contribution in [0.25, 0.3) is 0 Å². The number of hydrogen-bond donors (Lipinski definition) is 1. The lowest BCUT2D eigenvalue weighted by atomic mass is 9.82. The first kappa shape index (κ1) is 13.9. The van der Waals surface area contributed by atoms with Crippen LogP contribution in [0.3, 0.4) is 0 Å². The van der Waals surface area contributed by atoms with Gasteiger partial charge in [0.25, 0.3) is 5.91 Å². The van der Waals surface area contributed by atoms with E-state index in [-0.39, 0.29) is 11.9 Å². The molecule has 0 unspecified atom stereocenters. The third-order valence-corrected chi connectivity index (χ3v) is 5.81. The van der Waals surface area contributed by atoms with Gasteiger partial charge in [0.05, 0.1) is 5.41 Å². The summed E-state index contributed by atoms with van der Waals surface area (Å²) < 4.78 is 5.78. The van der Waals surface area contributed by atoms with Crippen molar-refractivity contribution in [2.24, 2.45) is 5.41 Å². The molecular weight excluding hydrogens is 282 g/mol. The second-order valence-electron chi connectivity index (χ2n) is 6.88. The minimum absolute atomic E-state index is 0.121. The number of carbonyl (C=O) groups is 2. The Morgan fingerprint density at radius 1 is 1.23 bits per heavy atom. The van der Waals surface area contributed by atoms with Crippen molar-refractivity contribution in [1.82, 2.24) is 4.90 Å². The Hall–Kier alpha value is -1.78. The molecule has 1 amide bonds. The molecule has 1 aromatic rings. The quantitative estimate of drug-likeness (QED) is 0.911. The van der Waals surface area contributed by atoms with Gasteiger partial charge in [-0.25, -0.2) is 0 Å². The molecule has 1 saturated carbocycles. The fraction of sp³-hybridized carbons (Fsp3) is 0.647. The lowest BCUT2D eigenvalue weighted by Crippen LogP contribution is -2.43. The highest BCUT2D eigenvalue weighted by atomic mass is 16.4. The number of nitrogens with zero attached hydrogens (tertiary/aromatic N) is 1. The molecule has 1 aromatic heterocycles. The zero-order valence-corrected chi connectivity index (χ0v) is 12.6. The maximum Gasteiger partial charge on any atom is 0.311 e. The Labute approximate surface area is 129 Å². The molecule has 1 N–H and O–H groups in total. The minimum Gasteiger partial charge on any atom is -0.481 e. The monoisotopic (exact) mass is 303 g/mol. The summed E-state index contributed by atoms with van der Waals surface area (Å²) in [7, 11) is 0. The van der Waals surface area contributed by atoms with Crippen LogP contribution in [-0.4, -0.2) is 34.5 Å². The molecule has 3 aliphatic rings. The molecule has 2 aliphatic carbocycles. The van der Waals surface area contributed by atoms with Crippen molar-refractivity contribution < 1.29 is 19.1 Å². The molecule has 1 aliphatic heterocycles. The smallest absolute Gasteiger partial charge is 0.311 e. The van der Waals surface area contributed by atoms with Crippen LogP contribution < -0.4 is 0 Å². The molecular formula is C17H21NO4. The Balaban J connectivity index is 1.61. The predicted molar refractivity (Wildman–Crippen MR) is 78.7 cm³/mol. The van der Waals surface area contributed by atoms with Crippen LogP contribution in [0.1, 0.15) is 60.4 Å². The molecule has 0 aromatic carbocycles. The second-order valence-corrected chi connectivity index (χ2v) is 6.88. The summed E-state index contributed by atoms with van der Waals surface area (Å²) in [4.78, 5) is 26.3. The number of carboxylic acids is 1. The lowest BCUT2D eigenvalue weighted by molar-refractivity contribution is -0.149. The van der Waals surface area contributed by atoms with Crippen molar-refractivity contribution in [1.29, 1.82) is 0 Å². The van der Waals surface area contributed by atoms with Crippen LogP contribution in [0.5, 0.6) is 0 Å². The molecule has 1 saturated heterocycles. The van der Waals surface area contributed by atoms with E-state index in [4.69, 9.17) is 4.42 Å². The predicted octanol–water partition coefficient (Wildman–Crippen LogP) is 2.63. The number of aryl methyl sites for hydroxylation is 2. The average molecular weight is 303 g/mol. The Bertz CT molecular complexity index is 611. The van der Waals surface area contributed by atoms with Gasteiger partial charge in [-0.2, -0.15) is 0 Å². The van der Waals surface area contributed by atoms with E-state index in [1.165, 1.54) is 0 Å². The highest BCUT2D eigenvalue weighted by Gasteiger charge is 2.57. The summed E-state index contributed by atoms with van der Waals surface area (Å²) in [5, 5.41) is 9.62. The van der Waals surface area contributed by atoms with Crippen LogP contribution in [0.15, 0.2) is 10.5 Å². The molecule has 5 nitrogen and oxygen atoms in total. The summed E-state index contributed by atoms with van der Waals surface area (Å²) in [6.45, 7) is 0.529. The summed E-state index contributed by atoms with van der Waals surface area (Å²) in [5.41, 5.74) is 0.437. The van der Waals surface area contributed by atoms with Gasteiger partial charge < -0.3 is 14.4 Å². The summed E-state index contributed by atoms with van der Waals surface area (Å²) in [6, 6.07) is 1.71. The van der Waals surface area contributed by atoms with Gasteiger partial charge in [-0.1, -0.05) is 6.42 Å². The molecule has 2 atom stereocenters. The number of aliphatic carboxylic acids is 1. The number of fused-ring (bicyclic) bond motifs is 2. The average Bonchev–Trinajstić information content (AvgIpc) is 3.19. The van der Waals surface area contributed by atoms with E-state index in [2.05, 4.69) is 0 Å². The van der Waals surface area contributed by atoms with Gasteiger partial charge in [0.15, 0.2) is 5.76 Å². The molecule has 5 heteroatoms. The van der Waals surface area contributed by atoms with Crippen molar-refractivity contribution >= 4 is 11.9 Å². The van der Waals surface area contributed by atoms with E-state index < -0.39 is 11.4 Å². The topological polar surface area (TPSA) is 70.8 Å². The minimum atomic E-state index is -0.746. The van der Waals surface area contributed by atoms with E-state index >= 15 is 0 Å². The van der Waals surface area contributed by atoms with E-state index in [0.717, 1.165) is 49.8 Å². The highest BCUT2D eigenvalue weighted by Crippen LogP contribution is 2.49. The maximum absolute atomic E-state index is 12.8. The van der Waals surface area contributed by atoms with Crippen molar-refractivity contribution in [3.05, 3.63) is 23.2 Å². The molecule has 118 valence electrons. The van der Waals surface area contributed by atoms with Crippen molar-refractivity contribution in [3.63, 3.8) is 0 Å². The first-order valence-corrected chi connectivity index (χ1v) is 8.28. The summed E-state index contributed by atoms with van der Waals surface area (Å²) in [5.74, 6) is 0.484. The summed E-state index contributed by atoms with van der Waals surface area (Å²) >= 11 is 0. The van der Waals surface area contributed by atoms with E-state index in [0.29, 0.717) is 25.1 Å². The fourth-order valence-corrected chi connectivity index (χ4v) is 4.61. The van der Waals surface area contributed by atoms with Gasteiger partial charge in [0.1, 0.15) is 5.76 Å². The Kier molecular flexibility index (Phi) is 3.06. The molecule has 2 heterocycles. The molecule has 4 rings (SSSR count). The standard InChI is InChI=1S/C17H21NO4/c19-15(13-10-11-4-1-2-5-12(11)22-13)18-9-8-17(16(20)21)7-3-6-14(17)18/h10,14H,1-9H2,(H,20,21)/t14-,17+/m1/s1. The van der Waals surface area contributed by atoms with Gasteiger partial charge in [-0.05, 0) is 50.2 Å². The Morgan fingerprint density at radius 2 is 2.05 bits per heavy atom. The molecule has 0 radical (unpaired) electrons. The second kappa shape index (κ2) is 4.86. The largest absolute Gasteiger partial charge is 0.481 e. The van der Waals surface area contributed by atoms with Crippen LogP contribution in [0.4, 0.5) is 0 Å². The highest BCUT2D eigenvalue weighted by molar-refractivity contribution is 5.93. The lowest BCUT2D eigenvalue weighted by Gasteiger charge is -2.28. The molecule has 0 bridgehead atoms.